The summed E-state index contributed by atoms with van der Waals surface area (Å²) in [7, 11) is -4.11. The van der Waals surface area contributed by atoms with Crippen LogP contribution in [0.5, 0.6) is 0 Å². The number of sulfonamides is 1. The number of nitrogens with one attached hydrogen (secondary N) is 1. The van der Waals surface area contributed by atoms with Crippen LogP contribution in [0.2, 0.25) is 0 Å². The lowest BCUT2D eigenvalue weighted by Crippen LogP contribution is -2.52. The van der Waals surface area contributed by atoms with Gasteiger partial charge in [0.15, 0.2) is 0 Å². The van der Waals surface area contributed by atoms with Crippen molar-refractivity contribution < 1.29 is 26.8 Å². The predicted molar refractivity (Wildman–Crippen MR) is 101 cm³/mol. The second-order valence-corrected chi connectivity index (χ2v) is 9.32. The van der Waals surface area contributed by atoms with Crippen molar-refractivity contribution >= 4 is 21.8 Å². The fraction of sp³-hybridized carbons (Fsp3) is 0.579. The van der Waals surface area contributed by atoms with E-state index in [1.165, 1.54) is 4.90 Å². The van der Waals surface area contributed by atoms with Crippen molar-refractivity contribution in [1.82, 2.24) is 14.5 Å². The summed E-state index contributed by atoms with van der Waals surface area (Å²) in [6.45, 7) is 0.165. The highest BCUT2D eigenvalue weighted by Gasteiger charge is 2.32. The van der Waals surface area contributed by atoms with Crippen molar-refractivity contribution in [3.05, 3.63) is 29.8 Å². The topological polar surface area (TPSA) is 86.8 Å². The predicted octanol–water partition coefficient (Wildman–Crippen LogP) is 1.49. The van der Waals surface area contributed by atoms with E-state index in [-0.39, 0.29) is 50.5 Å². The highest BCUT2D eigenvalue weighted by Crippen LogP contribution is 2.24. The zero-order valence-corrected chi connectivity index (χ0v) is 16.9. The van der Waals surface area contributed by atoms with E-state index >= 15 is 0 Å². The third-order valence-corrected chi connectivity index (χ3v) is 7.42. The number of rotatable bonds is 5. The van der Waals surface area contributed by atoms with Crippen molar-refractivity contribution in [2.45, 2.75) is 37.0 Å². The molecule has 0 spiro atoms. The molecule has 160 valence electrons. The van der Waals surface area contributed by atoms with Gasteiger partial charge >= 0.3 is 0 Å². The van der Waals surface area contributed by atoms with Gasteiger partial charge in [0.2, 0.25) is 21.8 Å². The van der Waals surface area contributed by atoms with Gasteiger partial charge < -0.3 is 10.2 Å². The molecule has 0 unspecified atom stereocenters. The highest BCUT2D eigenvalue weighted by molar-refractivity contribution is 7.89. The van der Waals surface area contributed by atoms with Gasteiger partial charge in [0.05, 0.1) is 6.54 Å². The molecule has 0 radical (unpaired) electrons. The molecule has 1 aliphatic heterocycles. The second-order valence-electron chi connectivity index (χ2n) is 7.41. The molecule has 0 aromatic heterocycles. The van der Waals surface area contributed by atoms with Gasteiger partial charge in [-0.15, -0.1) is 0 Å². The summed E-state index contributed by atoms with van der Waals surface area (Å²) < 4.78 is 53.2. The van der Waals surface area contributed by atoms with Crippen molar-refractivity contribution in [3.63, 3.8) is 0 Å². The maximum atomic E-state index is 13.9. The quantitative estimate of drug-likeness (QED) is 0.769. The summed E-state index contributed by atoms with van der Waals surface area (Å²) in [4.78, 5) is 25.4. The summed E-state index contributed by atoms with van der Waals surface area (Å²) in [6.07, 6.45) is 4.87. The first-order chi connectivity index (χ1) is 13.8. The molecule has 29 heavy (non-hydrogen) atoms. The molecule has 1 N–H and O–H groups in total. The Morgan fingerprint density at radius 3 is 2.31 bits per heavy atom. The Labute approximate surface area is 169 Å². The molecule has 2 aliphatic rings. The Morgan fingerprint density at radius 1 is 1.03 bits per heavy atom. The number of benzene rings is 1. The molecule has 2 fully saturated rings. The minimum Gasteiger partial charge on any atom is -0.347 e. The van der Waals surface area contributed by atoms with E-state index < -0.39 is 26.6 Å². The van der Waals surface area contributed by atoms with E-state index in [2.05, 4.69) is 5.32 Å². The lowest BCUT2D eigenvalue weighted by molar-refractivity contribution is -0.135. The first kappa shape index (κ1) is 21.6. The summed E-state index contributed by atoms with van der Waals surface area (Å²) in [5.74, 6) is -2.42. The van der Waals surface area contributed by atoms with Gasteiger partial charge in [-0.25, -0.2) is 17.2 Å². The molecular formula is C19H25F2N3O4S. The van der Waals surface area contributed by atoms with Gasteiger partial charge in [-0.05, 0) is 25.0 Å². The molecule has 2 amide bonds. The van der Waals surface area contributed by atoms with Crippen molar-refractivity contribution in [1.29, 1.82) is 0 Å². The highest BCUT2D eigenvalue weighted by atomic mass is 32.2. The van der Waals surface area contributed by atoms with Gasteiger partial charge in [-0.2, -0.15) is 4.31 Å². The number of hydrogen-bond donors (Lipinski definition) is 1. The first-order valence-corrected chi connectivity index (χ1v) is 11.2. The molecule has 7 nitrogen and oxygen atoms in total. The van der Waals surface area contributed by atoms with Crippen LogP contribution in [0, 0.1) is 17.6 Å². The Bertz CT molecular complexity index is 864. The molecule has 0 bridgehead atoms. The molecular weight excluding hydrogens is 404 g/mol. The van der Waals surface area contributed by atoms with Crippen LogP contribution in [0.4, 0.5) is 8.78 Å². The van der Waals surface area contributed by atoms with Crippen LogP contribution in [-0.2, 0) is 19.6 Å². The van der Waals surface area contributed by atoms with Crippen molar-refractivity contribution in [3.8, 4) is 0 Å². The summed E-state index contributed by atoms with van der Waals surface area (Å²) >= 11 is 0. The number of piperazine rings is 1. The van der Waals surface area contributed by atoms with E-state index in [1.807, 2.05) is 0 Å². The monoisotopic (exact) mass is 429 g/mol. The first-order valence-electron chi connectivity index (χ1n) is 9.80. The zero-order chi connectivity index (χ0) is 21.0. The van der Waals surface area contributed by atoms with Crippen LogP contribution >= 0.6 is 0 Å². The number of amides is 2. The van der Waals surface area contributed by atoms with E-state index in [1.54, 1.807) is 0 Å². The normalized spacial score (nSPS) is 19.2. The van der Waals surface area contributed by atoms with E-state index in [0.29, 0.717) is 6.07 Å². The fourth-order valence-corrected chi connectivity index (χ4v) is 5.25. The number of halogens is 2. The molecule has 1 aliphatic carbocycles. The average Bonchev–Trinajstić information content (AvgIpc) is 2.72. The van der Waals surface area contributed by atoms with Gasteiger partial charge in [0.1, 0.15) is 16.5 Å². The smallest absolute Gasteiger partial charge is 0.246 e. The molecule has 1 aromatic rings. The lowest BCUT2D eigenvalue weighted by atomic mass is 9.89. The van der Waals surface area contributed by atoms with Gasteiger partial charge in [0, 0.05) is 38.2 Å². The minimum absolute atomic E-state index is 0.00145. The standard InChI is InChI=1S/C19H25F2N3O4S/c20-15-6-7-17(16(21)12-15)29(27,28)24-10-8-23(9-11-24)18(25)13-22-19(26)14-4-2-1-3-5-14/h6-7,12,14H,1-5,8-11,13H2,(H,22,26). The van der Waals surface area contributed by atoms with Crippen LogP contribution < -0.4 is 5.32 Å². The van der Waals surface area contributed by atoms with Crippen LogP contribution in [0.15, 0.2) is 23.1 Å². The van der Waals surface area contributed by atoms with Crippen LogP contribution in [-0.4, -0.2) is 62.2 Å². The Hall–Kier alpha value is -2.07. The van der Waals surface area contributed by atoms with Crippen LogP contribution in [0.3, 0.4) is 0 Å². The maximum Gasteiger partial charge on any atom is 0.246 e. The molecule has 1 saturated heterocycles. The number of hydrogen-bond acceptors (Lipinski definition) is 4. The minimum atomic E-state index is -4.11. The number of carbonyl (C=O) groups excluding carboxylic acids is 2. The van der Waals surface area contributed by atoms with E-state index in [0.717, 1.165) is 48.5 Å². The Kier molecular flexibility index (Phi) is 6.84. The molecule has 10 heteroatoms. The lowest BCUT2D eigenvalue weighted by Gasteiger charge is -2.34. The maximum absolute atomic E-state index is 13.9. The third kappa shape index (κ3) is 5.11. The zero-order valence-electron chi connectivity index (χ0n) is 16.1. The van der Waals surface area contributed by atoms with Gasteiger partial charge in [-0.1, -0.05) is 19.3 Å². The molecule has 1 aromatic carbocycles. The Morgan fingerprint density at radius 2 is 1.69 bits per heavy atom. The van der Waals surface area contributed by atoms with Gasteiger partial charge in [-0.3, -0.25) is 9.59 Å². The van der Waals surface area contributed by atoms with Crippen molar-refractivity contribution in [2.24, 2.45) is 5.92 Å². The van der Waals surface area contributed by atoms with E-state index in [9.17, 15) is 26.8 Å². The number of carbonyl (C=O) groups is 2. The summed E-state index contributed by atoms with van der Waals surface area (Å²) in [6, 6.07) is 2.32. The van der Waals surface area contributed by atoms with Crippen LogP contribution in [0.1, 0.15) is 32.1 Å². The molecule has 3 rings (SSSR count). The molecule has 1 heterocycles. The van der Waals surface area contributed by atoms with E-state index in [4.69, 9.17) is 0 Å². The molecule has 0 atom stereocenters. The largest absolute Gasteiger partial charge is 0.347 e. The summed E-state index contributed by atoms with van der Waals surface area (Å²) in [5, 5.41) is 2.68. The molecule has 1 saturated carbocycles. The van der Waals surface area contributed by atoms with Crippen molar-refractivity contribution in [2.75, 3.05) is 32.7 Å². The SMILES string of the molecule is O=C(NCC(=O)N1CCN(S(=O)(=O)c2ccc(F)cc2F)CC1)C1CCCCC1. The summed E-state index contributed by atoms with van der Waals surface area (Å²) in [5.41, 5.74) is 0. The van der Waals surface area contributed by atoms with Crippen LogP contribution in [0.25, 0.3) is 0 Å². The Balaban J connectivity index is 1.51. The third-order valence-electron chi connectivity index (χ3n) is 5.49. The fourth-order valence-electron chi connectivity index (χ4n) is 3.78. The number of nitrogens with zero attached hydrogens (tertiary/aromatic N) is 2. The van der Waals surface area contributed by atoms with Gasteiger partial charge in [0.25, 0.3) is 0 Å². The second kappa shape index (κ2) is 9.17. The average molecular weight is 429 g/mol.